The lowest BCUT2D eigenvalue weighted by Gasteiger charge is -2.12. The van der Waals surface area contributed by atoms with Crippen LogP contribution < -0.4 is 15.4 Å². The molecule has 6 nitrogen and oxygen atoms in total. The lowest BCUT2D eigenvalue weighted by atomic mass is 10.2. The van der Waals surface area contributed by atoms with Crippen LogP contribution in [0, 0.1) is 5.92 Å². The zero-order chi connectivity index (χ0) is 19.2. The molecular weight excluding hydrogens is 370 g/mol. The number of anilines is 1. The van der Waals surface area contributed by atoms with Gasteiger partial charge in [-0.15, -0.1) is 0 Å². The molecule has 2 rings (SSSR count). The van der Waals surface area contributed by atoms with Crippen molar-refractivity contribution in [3.8, 4) is 0 Å². The highest BCUT2D eigenvalue weighted by Gasteiger charge is 2.14. The van der Waals surface area contributed by atoms with Gasteiger partial charge < -0.3 is 10.6 Å². The average molecular weight is 392 g/mol. The molecule has 0 aliphatic carbocycles. The minimum absolute atomic E-state index is 0.149. The number of carbonyl (C=O) groups excluding carboxylic acids is 1. The van der Waals surface area contributed by atoms with Crippen molar-refractivity contribution in [2.45, 2.75) is 25.3 Å². The Morgan fingerprint density at radius 3 is 2.23 bits per heavy atom. The van der Waals surface area contributed by atoms with Gasteiger partial charge in [0.05, 0.1) is 4.90 Å². The van der Waals surface area contributed by atoms with Crippen LogP contribution in [0.15, 0.2) is 59.5 Å². The second-order valence-electron chi connectivity index (χ2n) is 5.93. The van der Waals surface area contributed by atoms with E-state index < -0.39 is 10.0 Å². The Balaban J connectivity index is 1.97. The molecule has 0 saturated carbocycles. The molecule has 2 aromatic rings. The first kappa shape index (κ1) is 20.0. The molecule has 0 fully saturated rings. The van der Waals surface area contributed by atoms with Crippen LogP contribution >= 0.6 is 12.2 Å². The maximum absolute atomic E-state index is 12.3. The van der Waals surface area contributed by atoms with Gasteiger partial charge >= 0.3 is 0 Å². The third-order valence-electron chi connectivity index (χ3n) is 3.49. The lowest BCUT2D eigenvalue weighted by Crippen LogP contribution is -2.36. The van der Waals surface area contributed by atoms with E-state index >= 15 is 0 Å². The number of thiocarbonyl (C=S) groups is 1. The van der Waals surface area contributed by atoms with Gasteiger partial charge in [-0.3, -0.25) is 4.79 Å². The SMILES string of the molecule is CC(C)C(=O)NC(=S)Nc1ccc(S(=O)(=O)NCc2ccccc2)cc1. The van der Waals surface area contributed by atoms with Gasteiger partial charge in [-0.1, -0.05) is 44.2 Å². The molecular formula is C18H21N3O3S2. The number of hydrogen-bond acceptors (Lipinski definition) is 4. The van der Waals surface area contributed by atoms with E-state index in [9.17, 15) is 13.2 Å². The molecule has 0 radical (unpaired) electrons. The second kappa shape index (κ2) is 8.88. The van der Waals surface area contributed by atoms with Crippen molar-refractivity contribution in [3.63, 3.8) is 0 Å². The Labute approximate surface area is 159 Å². The van der Waals surface area contributed by atoms with Crippen molar-refractivity contribution >= 4 is 38.9 Å². The number of sulfonamides is 1. The van der Waals surface area contributed by atoms with Gasteiger partial charge in [-0.25, -0.2) is 13.1 Å². The highest BCUT2D eigenvalue weighted by atomic mass is 32.2. The molecule has 0 unspecified atom stereocenters. The summed E-state index contributed by atoms with van der Waals surface area (Å²) in [5.74, 6) is -0.371. The number of amides is 1. The van der Waals surface area contributed by atoms with Gasteiger partial charge in [0.25, 0.3) is 0 Å². The highest BCUT2D eigenvalue weighted by molar-refractivity contribution is 7.89. The summed E-state index contributed by atoms with van der Waals surface area (Å²) in [5.41, 5.74) is 1.46. The molecule has 26 heavy (non-hydrogen) atoms. The van der Waals surface area contributed by atoms with Crippen LogP contribution in [-0.4, -0.2) is 19.4 Å². The Kier molecular flexibility index (Phi) is 6.84. The normalized spacial score (nSPS) is 11.2. The molecule has 8 heteroatoms. The van der Waals surface area contributed by atoms with Gasteiger partial charge in [0.1, 0.15) is 0 Å². The van der Waals surface area contributed by atoms with Gasteiger partial charge in [-0.05, 0) is 42.0 Å². The summed E-state index contributed by atoms with van der Waals surface area (Å²) in [6, 6.07) is 15.4. The van der Waals surface area contributed by atoms with E-state index in [1.807, 2.05) is 30.3 Å². The first-order chi connectivity index (χ1) is 12.3. The topological polar surface area (TPSA) is 87.3 Å². The van der Waals surface area contributed by atoms with E-state index in [-0.39, 0.29) is 28.4 Å². The van der Waals surface area contributed by atoms with Crippen molar-refractivity contribution in [1.29, 1.82) is 0 Å². The fraction of sp³-hybridized carbons (Fsp3) is 0.222. The van der Waals surface area contributed by atoms with E-state index in [0.717, 1.165) is 5.56 Å². The quantitative estimate of drug-likeness (QED) is 0.659. The first-order valence-corrected chi connectivity index (χ1v) is 9.92. The number of hydrogen-bond donors (Lipinski definition) is 3. The van der Waals surface area contributed by atoms with E-state index in [2.05, 4.69) is 15.4 Å². The molecule has 0 bridgehead atoms. The standard InChI is InChI=1S/C18H21N3O3S2/c1-13(2)17(22)21-18(25)20-15-8-10-16(11-9-15)26(23,24)19-12-14-6-4-3-5-7-14/h3-11,13,19H,12H2,1-2H3,(H2,20,21,22,25). The molecule has 0 heterocycles. The summed E-state index contributed by atoms with van der Waals surface area (Å²) in [5, 5.41) is 5.58. The zero-order valence-electron chi connectivity index (χ0n) is 14.5. The Morgan fingerprint density at radius 1 is 1.04 bits per heavy atom. The first-order valence-electron chi connectivity index (χ1n) is 8.03. The lowest BCUT2D eigenvalue weighted by molar-refractivity contribution is -0.122. The van der Waals surface area contributed by atoms with Crippen LogP contribution in [-0.2, 0) is 21.4 Å². The molecule has 0 atom stereocenters. The minimum Gasteiger partial charge on any atom is -0.332 e. The van der Waals surface area contributed by atoms with E-state index in [4.69, 9.17) is 12.2 Å². The van der Waals surface area contributed by atoms with Gasteiger partial charge in [-0.2, -0.15) is 0 Å². The molecule has 0 saturated heterocycles. The summed E-state index contributed by atoms with van der Waals surface area (Å²) in [7, 11) is -3.61. The van der Waals surface area contributed by atoms with Crippen LogP contribution in [0.3, 0.4) is 0 Å². The number of nitrogens with one attached hydrogen (secondary N) is 3. The van der Waals surface area contributed by atoms with Crippen molar-refractivity contribution < 1.29 is 13.2 Å². The summed E-state index contributed by atoms with van der Waals surface area (Å²) in [6.07, 6.45) is 0. The summed E-state index contributed by atoms with van der Waals surface area (Å²) in [4.78, 5) is 11.7. The van der Waals surface area contributed by atoms with Crippen molar-refractivity contribution in [1.82, 2.24) is 10.0 Å². The monoisotopic (exact) mass is 391 g/mol. The van der Waals surface area contributed by atoms with Gasteiger partial charge in [0, 0.05) is 18.2 Å². The fourth-order valence-corrected chi connectivity index (χ4v) is 3.23. The number of rotatable bonds is 6. The number of benzene rings is 2. The summed E-state index contributed by atoms with van der Waals surface area (Å²) >= 11 is 5.06. The van der Waals surface area contributed by atoms with Crippen molar-refractivity contribution in [2.75, 3.05) is 5.32 Å². The van der Waals surface area contributed by atoms with E-state index in [1.54, 1.807) is 26.0 Å². The second-order valence-corrected chi connectivity index (χ2v) is 8.11. The van der Waals surface area contributed by atoms with Gasteiger partial charge in [0.2, 0.25) is 15.9 Å². The smallest absolute Gasteiger partial charge is 0.240 e. The maximum atomic E-state index is 12.3. The Morgan fingerprint density at radius 2 is 1.65 bits per heavy atom. The predicted octanol–water partition coefficient (Wildman–Crippen LogP) is 2.63. The molecule has 0 aliphatic heterocycles. The highest BCUT2D eigenvalue weighted by Crippen LogP contribution is 2.14. The van der Waals surface area contributed by atoms with Crippen LogP contribution in [0.2, 0.25) is 0 Å². The molecule has 2 aromatic carbocycles. The summed E-state index contributed by atoms with van der Waals surface area (Å²) < 4.78 is 27.2. The van der Waals surface area contributed by atoms with Crippen LogP contribution in [0.4, 0.5) is 5.69 Å². The molecule has 1 amide bonds. The van der Waals surface area contributed by atoms with E-state index in [0.29, 0.717) is 5.69 Å². The van der Waals surface area contributed by atoms with Crippen LogP contribution in [0.25, 0.3) is 0 Å². The molecule has 0 spiro atoms. The molecule has 138 valence electrons. The Bertz CT molecular complexity index is 864. The average Bonchev–Trinajstić information content (AvgIpc) is 2.61. The van der Waals surface area contributed by atoms with Crippen LogP contribution in [0.1, 0.15) is 19.4 Å². The number of carbonyl (C=O) groups is 1. The van der Waals surface area contributed by atoms with Crippen LogP contribution in [0.5, 0.6) is 0 Å². The largest absolute Gasteiger partial charge is 0.332 e. The third-order valence-corrected chi connectivity index (χ3v) is 5.11. The van der Waals surface area contributed by atoms with E-state index in [1.165, 1.54) is 12.1 Å². The zero-order valence-corrected chi connectivity index (χ0v) is 16.2. The molecule has 0 aromatic heterocycles. The molecule has 0 aliphatic rings. The Hall–Kier alpha value is -2.29. The predicted molar refractivity (Wildman–Crippen MR) is 106 cm³/mol. The van der Waals surface area contributed by atoms with Gasteiger partial charge in [0.15, 0.2) is 5.11 Å². The maximum Gasteiger partial charge on any atom is 0.240 e. The van der Waals surface area contributed by atoms with Crippen molar-refractivity contribution in [3.05, 3.63) is 60.2 Å². The van der Waals surface area contributed by atoms with Crippen molar-refractivity contribution in [2.24, 2.45) is 5.92 Å². The fourth-order valence-electron chi connectivity index (χ4n) is 1.99. The molecule has 3 N–H and O–H groups in total. The minimum atomic E-state index is -3.61. The summed E-state index contributed by atoms with van der Waals surface area (Å²) in [6.45, 7) is 3.74. The third kappa shape index (κ3) is 5.91.